The SMILES string of the molecule is CCCN1C(=O)C(=O)/C(=C(\O)c2ccc3c(c2)CC(C)O3)C1c1ccc(OCC(C)C)cc1. The minimum Gasteiger partial charge on any atom is -0.507 e. The van der Waals surface area contributed by atoms with Crippen molar-refractivity contribution in [3.05, 3.63) is 64.7 Å². The van der Waals surface area contributed by atoms with Crippen LogP contribution in [0.4, 0.5) is 0 Å². The Labute approximate surface area is 194 Å². The predicted molar refractivity (Wildman–Crippen MR) is 126 cm³/mol. The number of aliphatic hydroxyl groups is 1. The first kappa shape index (κ1) is 22.9. The van der Waals surface area contributed by atoms with Crippen LogP contribution >= 0.6 is 0 Å². The number of benzene rings is 2. The van der Waals surface area contributed by atoms with Gasteiger partial charge in [0, 0.05) is 18.5 Å². The van der Waals surface area contributed by atoms with Crippen molar-refractivity contribution in [2.45, 2.75) is 52.7 Å². The van der Waals surface area contributed by atoms with Crippen molar-refractivity contribution in [3.63, 3.8) is 0 Å². The molecular formula is C27H31NO5. The molecule has 6 nitrogen and oxygen atoms in total. The number of ketones is 1. The Balaban J connectivity index is 1.74. The van der Waals surface area contributed by atoms with Gasteiger partial charge in [-0.2, -0.15) is 0 Å². The van der Waals surface area contributed by atoms with Crippen molar-refractivity contribution in [2.75, 3.05) is 13.2 Å². The Morgan fingerprint density at radius 1 is 1.18 bits per heavy atom. The number of fused-ring (bicyclic) bond motifs is 1. The number of carbonyl (C=O) groups excluding carboxylic acids is 2. The number of ether oxygens (including phenoxy) is 2. The largest absolute Gasteiger partial charge is 0.507 e. The van der Waals surface area contributed by atoms with Crippen LogP contribution in [0.5, 0.6) is 11.5 Å². The summed E-state index contributed by atoms with van der Waals surface area (Å²) in [6.07, 6.45) is 1.51. The number of Topliss-reactive ketones (excluding diaryl/α,β-unsaturated/α-hetero) is 1. The van der Waals surface area contributed by atoms with Gasteiger partial charge in [-0.05, 0) is 60.7 Å². The predicted octanol–water partition coefficient (Wildman–Crippen LogP) is 4.88. The van der Waals surface area contributed by atoms with Gasteiger partial charge in [-0.25, -0.2) is 0 Å². The van der Waals surface area contributed by atoms with Gasteiger partial charge in [-0.1, -0.05) is 32.9 Å². The highest BCUT2D eigenvalue weighted by Gasteiger charge is 2.45. The molecule has 6 heteroatoms. The summed E-state index contributed by atoms with van der Waals surface area (Å²) >= 11 is 0. The summed E-state index contributed by atoms with van der Waals surface area (Å²) in [6, 6.07) is 12.2. The van der Waals surface area contributed by atoms with Gasteiger partial charge in [0.05, 0.1) is 18.2 Å². The number of hydrogen-bond acceptors (Lipinski definition) is 5. The molecule has 0 aromatic heterocycles. The lowest BCUT2D eigenvalue weighted by Crippen LogP contribution is -2.30. The molecule has 174 valence electrons. The average Bonchev–Trinajstić information content (AvgIpc) is 3.29. The molecule has 2 aliphatic heterocycles. The van der Waals surface area contributed by atoms with Crippen molar-refractivity contribution in [1.82, 2.24) is 4.90 Å². The second-order valence-electron chi connectivity index (χ2n) is 9.22. The molecule has 0 spiro atoms. The van der Waals surface area contributed by atoms with Crippen LogP contribution in [0.15, 0.2) is 48.0 Å². The maximum absolute atomic E-state index is 13.1. The van der Waals surface area contributed by atoms with E-state index >= 15 is 0 Å². The van der Waals surface area contributed by atoms with E-state index in [1.54, 1.807) is 11.0 Å². The number of aliphatic hydroxyl groups excluding tert-OH is 1. The van der Waals surface area contributed by atoms with Crippen LogP contribution in [0, 0.1) is 5.92 Å². The van der Waals surface area contributed by atoms with Crippen molar-refractivity contribution in [2.24, 2.45) is 5.92 Å². The average molecular weight is 450 g/mol. The van der Waals surface area contributed by atoms with Gasteiger partial charge in [0.1, 0.15) is 23.4 Å². The Bertz CT molecular complexity index is 1090. The third kappa shape index (κ3) is 4.47. The number of rotatable bonds is 7. The quantitative estimate of drug-likeness (QED) is 0.371. The molecule has 2 aromatic carbocycles. The molecule has 1 saturated heterocycles. The Morgan fingerprint density at radius 2 is 1.91 bits per heavy atom. The van der Waals surface area contributed by atoms with Crippen LogP contribution in [-0.4, -0.2) is 41.0 Å². The fourth-order valence-corrected chi connectivity index (χ4v) is 4.43. The molecule has 1 N–H and O–H groups in total. The van der Waals surface area contributed by atoms with Gasteiger partial charge >= 0.3 is 0 Å². The van der Waals surface area contributed by atoms with Gasteiger partial charge in [0.25, 0.3) is 11.7 Å². The molecule has 2 unspecified atom stereocenters. The zero-order valence-corrected chi connectivity index (χ0v) is 19.6. The molecule has 33 heavy (non-hydrogen) atoms. The van der Waals surface area contributed by atoms with Crippen LogP contribution < -0.4 is 9.47 Å². The Morgan fingerprint density at radius 3 is 2.58 bits per heavy atom. The molecule has 0 aliphatic carbocycles. The smallest absolute Gasteiger partial charge is 0.295 e. The molecule has 4 rings (SSSR count). The van der Waals surface area contributed by atoms with Crippen molar-refractivity contribution in [1.29, 1.82) is 0 Å². The minimum atomic E-state index is -0.656. The van der Waals surface area contributed by atoms with E-state index in [1.165, 1.54) is 0 Å². The van der Waals surface area contributed by atoms with E-state index in [0.29, 0.717) is 31.1 Å². The summed E-state index contributed by atoms with van der Waals surface area (Å²) < 4.78 is 11.5. The summed E-state index contributed by atoms with van der Waals surface area (Å²) in [7, 11) is 0. The third-order valence-corrected chi connectivity index (χ3v) is 5.95. The summed E-state index contributed by atoms with van der Waals surface area (Å²) in [5.74, 6) is 0.533. The van der Waals surface area contributed by atoms with Crippen LogP contribution in [0.2, 0.25) is 0 Å². The van der Waals surface area contributed by atoms with Crippen molar-refractivity contribution >= 4 is 17.4 Å². The van der Waals surface area contributed by atoms with E-state index < -0.39 is 17.7 Å². The summed E-state index contributed by atoms with van der Waals surface area (Å²) in [4.78, 5) is 27.5. The molecule has 1 amide bonds. The number of likely N-dealkylation sites (tertiary alicyclic amines) is 1. The van der Waals surface area contributed by atoms with Gasteiger partial charge in [-0.3, -0.25) is 9.59 Å². The molecule has 2 atom stereocenters. The van der Waals surface area contributed by atoms with Crippen LogP contribution in [0.25, 0.3) is 5.76 Å². The first-order chi connectivity index (χ1) is 15.8. The highest BCUT2D eigenvalue weighted by molar-refractivity contribution is 6.46. The molecule has 0 bridgehead atoms. The van der Waals surface area contributed by atoms with Gasteiger partial charge in [-0.15, -0.1) is 0 Å². The second-order valence-corrected chi connectivity index (χ2v) is 9.22. The summed E-state index contributed by atoms with van der Waals surface area (Å²) in [5, 5.41) is 11.2. The lowest BCUT2D eigenvalue weighted by Gasteiger charge is -2.25. The van der Waals surface area contributed by atoms with E-state index in [-0.39, 0.29) is 17.4 Å². The minimum absolute atomic E-state index is 0.0731. The first-order valence-electron chi connectivity index (χ1n) is 11.6. The number of carbonyl (C=O) groups is 2. The topological polar surface area (TPSA) is 76.1 Å². The van der Waals surface area contributed by atoms with E-state index in [9.17, 15) is 14.7 Å². The van der Waals surface area contributed by atoms with Gasteiger partial charge < -0.3 is 19.5 Å². The molecule has 1 fully saturated rings. The normalized spacial score (nSPS) is 21.4. The van der Waals surface area contributed by atoms with Crippen LogP contribution in [-0.2, 0) is 16.0 Å². The number of hydrogen-bond donors (Lipinski definition) is 1. The summed E-state index contributed by atoms with van der Waals surface area (Å²) in [5.41, 5.74) is 2.39. The molecular weight excluding hydrogens is 418 g/mol. The van der Waals surface area contributed by atoms with Crippen molar-refractivity contribution < 1.29 is 24.2 Å². The van der Waals surface area contributed by atoms with E-state index in [0.717, 1.165) is 29.0 Å². The summed E-state index contributed by atoms with van der Waals surface area (Å²) in [6.45, 7) is 9.14. The first-order valence-corrected chi connectivity index (χ1v) is 11.6. The molecule has 2 heterocycles. The maximum atomic E-state index is 13.1. The van der Waals surface area contributed by atoms with Crippen molar-refractivity contribution in [3.8, 4) is 11.5 Å². The highest BCUT2D eigenvalue weighted by Crippen LogP contribution is 2.41. The number of nitrogens with zero attached hydrogens (tertiary/aromatic N) is 1. The van der Waals surface area contributed by atoms with E-state index in [2.05, 4.69) is 13.8 Å². The lowest BCUT2D eigenvalue weighted by atomic mass is 9.94. The number of amides is 1. The van der Waals surface area contributed by atoms with Gasteiger partial charge in [0.2, 0.25) is 0 Å². The highest BCUT2D eigenvalue weighted by atomic mass is 16.5. The standard InChI is InChI=1S/C27H31NO5/c1-5-12-28-24(18-6-9-21(10-7-18)32-15-16(2)3)23(26(30)27(28)31)25(29)19-8-11-22-20(14-19)13-17(4)33-22/h6-11,14,16-17,24,29H,5,12-13,15H2,1-4H3/b25-23-. The van der Waals surface area contributed by atoms with Crippen LogP contribution in [0.1, 0.15) is 56.8 Å². The maximum Gasteiger partial charge on any atom is 0.295 e. The lowest BCUT2D eigenvalue weighted by molar-refractivity contribution is -0.139. The fourth-order valence-electron chi connectivity index (χ4n) is 4.43. The Hall–Kier alpha value is -3.28. The zero-order chi connectivity index (χ0) is 23.7. The van der Waals surface area contributed by atoms with Crippen LogP contribution in [0.3, 0.4) is 0 Å². The second kappa shape index (κ2) is 9.30. The molecule has 2 aliphatic rings. The molecule has 0 radical (unpaired) electrons. The van der Waals surface area contributed by atoms with Gasteiger partial charge in [0.15, 0.2) is 0 Å². The Kier molecular flexibility index (Phi) is 6.45. The molecule has 2 aromatic rings. The van der Waals surface area contributed by atoms with E-state index in [1.807, 2.05) is 50.2 Å². The third-order valence-electron chi connectivity index (χ3n) is 5.95. The zero-order valence-electron chi connectivity index (χ0n) is 19.6. The monoisotopic (exact) mass is 449 g/mol. The molecule has 0 saturated carbocycles. The van der Waals surface area contributed by atoms with E-state index in [4.69, 9.17) is 9.47 Å². The fraction of sp³-hybridized carbons (Fsp3) is 0.407.